The summed E-state index contributed by atoms with van der Waals surface area (Å²) in [5.74, 6) is 0.646. The van der Waals surface area contributed by atoms with E-state index in [1.165, 1.54) is 0 Å². The number of carbonyl (C=O) groups is 1. The van der Waals surface area contributed by atoms with E-state index in [4.69, 9.17) is 0 Å². The van der Waals surface area contributed by atoms with Crippen LogP contribution < -0.4 is 0 Å². The van der Waals surface area contributed by atoms with Gasteiger partial charge in [-0.1, -0.05) is 0 Å². The lowest BCUT2D eigenvalue weighted by Crippen LogP contribution is -2.02. The van der Waals surface area contributed by atoms with E-state index in [0.29, 0.717) is 12.4 Å². The Labute approximate surface area is 93.2 Å². The van der Waals surface area contributed by atoms with E-state index in [1.54, 1.807) is 30.5 Å². The van der Waals surface area contributed by atoms with Crippen LogP contribution in [0.4, 0.5) is 0 Å². The second-order valence-electron chi connectivity index (χ2n) is 3.41. The smallest absolute Gasteiger partial charge is 0.185 e. The Bertz CT molecular complexity index is 500. The highest BCUT2D eigenvalue weighted by Gasteiger charge is 2.09. The predicted molar refractivity (Wildman–Crippen MR) is 60.4 cm³/mol. The molecular weight excluding hydrogens is 204 g/mol. The Morgan fingerprint density at radius 1 is 1.38 bits per heavy atom. The largest absolute Gasteiger partial charge is 0.508 e. The summed E-state index contributed by atoms with van der Waals surface area (Å²) in [6.45, 7) is 2.64. The molecular formula is C12H12N2O2. The third kappa shape index (κ3) is 1.69. The molecule has 1 heterocycles. The van der Waals surface area contributed by atoms with Crippen LogP contribution in [0.15, 0.2) is 30.5 Å². The van der Waals surface area contributed by atoms with Crippen molar-refractivity contribution in [3.05, 3.63) is 36.3 Å². The van der Waals surface area contributed by atoms with Crippen molar-refractivity contribution in [1.82, 2.24) is 9.55 Å². The molecule has 0 atom stereocenters. The van der Waals surface area contributed by atoms with Gasteiger partial charge in [0.2, 0.25) is 0 Å². The van der Waals surface area contributed by atoms with Crippen molar-refractivity contribution in [1.29, 1.82) is 0 Å². The van der Waals surface area contributed by atoms with Gasteiger partial charge in [0.1, 0.15) is 5.75 Å². The monoisotopic (exact) mass is 216 g/mol. The Morgan fingerprint density at radius 3 is 2.62 bits per heavy atom. The average Bonchev–Trinajstić information content (AvgIpc) is 2.72. The molecule has 0 aliphatic carbocycles. The van der Waals surface area contributed by atoms with Crippen LogP contribution in [0.5, 0.6) is 5.75 Å². The lowest BCUT2D eigenvalue weighted by molar-refractivity contribution is 0.111. The molecule has 0 amide bonds. The first-order valence-electron chi connectivity index (χ1n) is 5.06. The summed E-state index contributed by atoms with van der Waals surface area (Å²) in [5, 5.41) is 9.20. The summed E-state index contributed by atoms with van der Waals surface area (Å²) >= 11 is 0. The van der Waals surface area contributed by atoms with E-state index in [2.05, 4.69) is 4.98 Å². The second-order valence-corrected chi connectivity index (χ2v) is 3.41. The minimum Gasteiger partial charge on any atom is -0.508 e. The highest BCUT2D eigenvalue weighted by molar-refractivity contribution is 5.73. The van der Waals surface area contributed by atoms with E-state index in [1.807, 2.05) is 11.5 Å². The highest BCUT2D eigenvalue weighted by atomic mass is 16.3. The first-order valence-corrected chi connectivity index (χ1v) is 5.06. The van der Waals surface area contributed by atoms with Gasteiger partial charge >= 0.3 is 0 Å². The molecule has 82 valence electrons. The molecule has 0 fully saturated rings. The molecule has 2 rings (SSSR count). The number of carbonyl (C=O) groups excluding carboxylic acids is 1. The van der Waals surface area contributed by atoms with Gasteiger partial charge in [0.15, 0.2) is 12.1 Å². The van der Waals surface area contributed by atoms with E-state index < -0.39 is 0 Å². The molecule has 0 spiro atoms. The number of aromatic hydroxyl groups is 1. The summed E-state index contributed by atoms with van der Waals surface area (Å²) in [6, 6.07) is 6.83. The predicted octanol–water partition coefficient (Wildman–Crippen LogP) is 2.09. The number of hydrogen-bond donors (Lipinski definition) is 1. The van der Waals surface area contributed by atoms with Gasteiger partial charge in [0, 0.05) is 12.1 Å². The Kier molecular flexibility index (Phi) is 2.72. The van der Waals surface area contributed by atoms with Crippen molar-refractivity contribution in [2.24, 2.45) is 0 Å². The fraction of sp³-hybridized carbons (Fsp3) is 0.167. The number of benzene rings is 1. The van der Waals surface area contributed by atoms with E-state index in [9.17, 15) is 9.90 Å². The molecule has 1 aromatic carbocycles. The van der Waals surface area contributed by atoms with Gasteiger partial charge in [-0.15, -0.1) is 0 Å². The van der Waals surface area contributed by atoms with E-state index in [0.717, 1.165) is 17.5 Å². The maximum atomic E-state index is 10.8. The molecule has 4 heteroatoms. The van der Waals surface area contributed by atoms with Crippen LogP contribution in [0.2, 0.25) is 0 Å². The molecule has 1 aromatic heterocycles. The zero-order chi connectivity index (χ0) is 11.5. The van der Waals surface area contributed by atoms with Crippen LogP contribution in [-0.4, -0.2) is 20.9 Å². The van der Waals surface area contributed by atoms with Gasteiger partial charge in [-0.3, -0.25) is 4.79 Å². The summed E-state index contributed by atoms with van der Waals surface area (Å²) < 4.78 is 1.83. The number of aldehydes is 1. The lowest BCUT2D eigenvalue weighted by Gasteiger charge is -2.06. The van der Waals surface area contributed by atoms with E-state index in [-0.39, 0.29) is 5.75 Å². The third-order valence-electron chi connectivity index (χ3n) is 2.47. The van der Waals surface area contributed by atoms with Crippen molar-refractivity contribution in [3.8, 4) is 17.0 Å². The first kappa shape index (κ1) is 10.4. The summed E-state index contributed by atoms with van der Waals surface area (Å²) in [6.07, 6.45) is 2.41. The van der Waals surface area contributed by atoms with Crippen molar-refractivity contribution < 1.29 is 9.90 Å². The number of nitrogens with zero attached hydrogens (tertiary/aromatic N) is 2. The Morgan fingerprint density at radius 2 is 2.06 bits per heavy atom. The molecule has 0 saturated heterocycles. The number of rotatable bonds is 3. The minimum atomic E-state index is 0.224. The van der Waals surface area contributed by atoms with Crippen molar-refractivity contribution in [2.45, 2.75) is 13.5 Å². The highest BCUT2D eigenvalue weighted by Crippen LogP contribution is 2.22. The normalized spacial score (nSPS) is 10.3. The van der Waals surface area contributed by atoms with Crippen molar-refractivity contribution >= 4 is 6.29 Å². The molecule has 0 saturated carbocycles. The van der Waals surface area contributed by atoms with Crippen LogP contribution in [0.1, 0.15) is 17.5 Å². The van der Waals surface area contributed by atoms with Crippen LogP contribution in [0.3, 0.4) is 0 Å². The van der Waals surface area contributed by atoms with Gasteiger partial charge in [-0.05, 0) is 31.2 Å². The molecule has 2 aromatic rings. The molecule has 4 nitrogen and oxygen atoms in total. The molecule has 0 bridgehead atoms. The third-order valence-corrected chi connectivity index (χ3v) is 2.47. The topological polar surface area (TPSA) is 55.1 Å². The van der Waals surface area contributed by atoms with Crippen molar-refractivity contribution in [2.75, 3.05) is 0 Å². The fourth-order valence-corrected chi connectivity index (χ4v) is 1.68. The number of phenols is 1. The molecule has 0 aliphatic heterocycles. The average molecular weight is 216 g/mol. The number of aromatic nitrogens is 2. The molecule has 0 aliphatic rings. The summed E-state index contributed by atoms with van der Waals surface area (Å²) in [5.41, 5.74) is 1.81. The minimum absolute atomic E-state index is 0.224. The summed E-state index contributed by atoms with van der Waals surface area (Å²) in [7, 11) is 0. The first-order chi connectivity index (χ1) is 7.76. The fourth-order valence-electron chi connectivity index (χ4n) is 1.68. The quantitative estimate of drug-likeness (QED) is 0.799. The van der Waals surface area contributed by atoms with Gasteiger partial charge < -0.3 is 9.67 Å². The number of imidazole rings is 1. The van der Waals surface area contributed by atoms with Crippen LogP contribution in [-0.2, 0) is 6.54 Å². The maximum absolute atomic E-state index is 10.8. The van der Waals surface area contributed by atoms with Crippen LogP contribution >= 0.6 is 0 Å². The molecule has 16 heavy (non-hydrogen) atoms. The zero-order valence-electron chi connectivity index (χ0n) is 8.92. The number of phenolic OH excluding ortho intramolecular Hbond substituents is 1. The van der Waals surface area contributed by atoms with E-state index >= 15 is 0 Å². The summed E-state index contributed by atoms with van der Waals surface area (Å²) in [4.78, 5) is 14.8. The molecule has 1 N–H and O–H groups in total. The van der Waals surface area contributed by atoms with Gasteiger partial charge in [0.05, 0.1) is 11.9 Å². The lowest BCUT2D eigenvalue weighted by atomic mass is 10.1. The molecule has 0 unspecified atom stereocenters. The van der Waals surface area contributed by atoms with Crippen LogP contribution in [0.25, 0.3) is 11.3 Å². The van der Waals surface area contributed by atoms with Crippen molar-refractivity contribution in [3.63, 3.8) is 0 Å². The molecule has 0 radical (unpaired) electrons. The van der Waals surface area contributed by atoms with Gasteiger partial charge in [0.25, 0.3) is 0 Å². The number of hydrogen-bond acceptors (Lipinski definition) is 3. The SMILES string of the molecule is CCn1c(-c2ccc(O)cc2)cnc1C=O. The Balaban J connectivity index is 2.51. The van der Waals surface area contributed by atoms with Gasteiger partial charge in [-0.2, -0.15) is 0 Å². The zero-order valence-corrected chi connectivity index (χ0v) is 8.92. The second kappa shape index (κ2) is 4.18. The maximum Gasteiger partial charge on any atom is 0.185 e. The Hall–Kier alpha value is -2.10. The van der Waals surface area contributed by atoms with Crippen LogP contribution in [0, 0.1) is 0 Å². The standard InChI is InChI=1S/C12H12N2O2/c1-2-14-11(7-13-12(14)8-15)9-3-5-10(16)6-4-9/h3-8,16H,2H2,1H3. The van der Waals surface area contributed by atoms with Gasteiger partial charge in [-0.25, -0.2) is 4.98 Å².